The minimum Gasteiger partial charge on any atom is -1.00 e. The van der Waals surface area contributed by atoms with Crippen LogP contribution in [0.25, 0.3) is 33.7 Å². The van der Waals surface area contributed by atoms with Crippen LogP contribution in [0.4, 0.5) is 0 Å². The molecule has 0 amide bonds. The van der Waals surface area contributed by atoms with Gasteiger partial charge in [-0.15, -0.1) is 0 Å². The molecule has 0 saturated carbocycles. The molecule has 2 unspecified atom stereocenters. The normalized spacial score (nSPS) is 20.1. The molecular formula is C35H36Cl2Zr. The van der Waals surface area contributed by atoms with Crippen molar-refractivity contribution >= 4 is 33.7 Å². The zero-order valence-electron chi connectivity index (χ0n) is 22.8. The Morgan fingerprint density at radius 2 is 1.00 bits per heavy atom. The van der Waals surface area contributed by atoms with Crippen molar-refractivity contribution in [2.75, 3.05) is 0 Å². The molecule has 7 rings (SSSR count). The summed E-state index contributed by atoms with van der Waals surface area (Å²) in [6, 6.07) is 27.9. The molecule has 2 aliphatic carbocycles. The molecule has 0 radical (unpaired) electrons. The standard InChI is InChI=1S/2C16H15.C3H6.2ClH.Zr/c2*1-11(2)14-9-13-8-7-12-5-3-4-6-15(12)16(13)10-14;1-3-2;;;/h2*3-11H,1-2H3;1-3H2;2*1H;/q;;;;;+2/p-2. The van der Waals surface area contributed by atoms with Crippen LogP contribution in [0.2, 0.25) is 8.26 Å². The predicted octanol–water partition coefficient (Wildman–Crippen LogP) is 4.28. The molecule has 3 aliphatic rings. The van der Waals surface area contributed by atoms with Gasteiger partial charge in [0.25, 0.3) is 0 Å². The molecular weight excluding hydrogens is 583 g/mol. The molecule has 194 valence electrons. The zero-order valence-corrected chi connectivity index (χ0v) is 26.7. The maximum Gasteiger partial charge on any atom is -1.00 e. The summed E-state index contributed by atoms with van der Waals surface area (Å²) in [7, 11) is 0. The van der Waals surface area contributed by atoms with Gasteiger partial charge in [-0.3, -0.25) is 0 Å². The van der Waals surface area contributed by atoms with Gasteiger partial charge < -0.3 is 24.8 Å². The van der Waals surface area contributed by atoms with Gasteiger partial charge >= 0.3 is 222 Å². The van der Waals surface area contributed by atoms with Crippen LogP contribution in [0.1, 0.15) is 63.6 Å². The third kappa shape index (κ3) is 3.95. The van der Waals surface area contributed by atoms with Gasteiger partial charge in [-0.05, 0) is 0 Å². The third-order valence-electron chi connectivity index (χ3n) is 9.69. The molecule has 0 bridgehead atoms. The Hall–Kier alpha value is -1.66. The molecule has 1 heterocycles. The van der Waals surface area contributed by atoms with Crippen molar-refractivity contribution in [2.24, 2.45) is 11.8 Å². The average molecular weight is 619 g/mol. The Balaban J connectivity index is 0.00000147. The number of rotatable bonds is 4. The predicted molar refractivity (Wildman–Crippen MR) is 153 cm³/mol. The molecule has 3 heteroatoms. The van der Waals surface area contributed by atoms with E-state index in [2.05, 4.69) is 113 Å². The maximum atomic E-state index is 2.64. The molecule has 0 nitrogen and oxygen atoms in total. The quantitative estimate of drug-likeness (QED) is 0.321. The van der Waals surface area contributed by atoms with Crippen molar-refractivity contribution in [3.8, 4) is 0 Å². The molecule has 0 spiro atoms. The Morgan fingerprint density at radius 3 is 1.37 bits per heavy atom. The van der Waals surface area contributed by atoms with Crippen molar-refractivity contribution in [1.82, 2.24) is 0 Å². The maximum absolute atomic E-state index is 2.77. The number of allylic oxidation sites excluding steroid dienone is 2. The van der Waals surface area contributed by atoms with E-state index in [1.165, 1.54) is 47.4 Å². The van der Waals surface area contributed by atoms with Crippen LogP contribution in [0.5, 0.6) is 0 Å². The van der Waals surface area contributed by atoms with Gasteiger partial charge in [0.2, 0.25) is 0 Å². The second-order valence-corrected chi connectivity index (χ2v) is 23.5. The van der Waals surface area contributed by atoms with Gasteiger partial charge in [0.05, 0.1) is 0 Å². The summed E-state index contributed by atoms with van der Waals surface area (Å²) >= 11 is -2.77. The van der Waals surface area contributed by atoms with Crippen LogP contribution in [0.15, 0.2) is 83.9 Å². The first-order valence-corrected chi connectivity index (χ1v) is 20.3. The van der Waals surface area contributed by atoms with Gasteiger partial charge in [-0.2, -0.15) is 0 Å². The van der Waals surface area contributed by atoms with Crippen LogP contribution >= 0.6 is 0 Å². The van der Waals surface area contributed by atoms with E-state index in [1.807, 2.05) is 0 Å². The minimum absolute atomic E-state index is 0. The number of hydrogen-bond acceptors (Lipinski definition) is 0. The van der Waals surface area contributed by atoms with E-state index in [1.54, 1.807) is 22.3 Å². The summed E-state index contributed by atoms with van der Waals surface area (Å²) in [5, 5.41) is 5.67. The second kappa shape index (κ2) is 10.4. The number of halogens is 2. The molecule has 2 atom stereocenters. The fraction of sp³-hybridized carbons (Fsp3) is 0.314. The molecule has 4 aromatic carbocycles. The van der Waals surface area contributed by atoms with Crippen molar-refractivity contribution < 1.29 is 45.1 Å². The summed E-state index contributed by atoms with van der Waals surface area (Å²) in [4.78, 5) is 0. The monoisotopic (exact) mass is 616 g/mol. The fourth-order valence-electron chi connectivity index (χ4n) is 7.92. The summed E-state index contributed by atoms with van der Waals surface area (Å²) in [6.07, 6.45) is 6.71. The van der Waals surface area contributed by atoms with E-state index in [-0.39, 0.29) is 24.8 Å². The van der Waals surface area contributed by atoms with Crippen molar-refractivity contribution in [1.29, 1.82) is 0 Å². The van der Waals surface area contributed by atoms with E-state index in [0.717, 1.165) is 0 Å². The molecule has 4 aromatic rings. The zero-order chi connectivity index (χ0) is 24.6. The first kappa shape index (κ1) is 27.9. The summed E-state index contributed by atoms with van der Waals surface area (Å²) in [6.45, 7) is 9.78. The van der Waals surface area contributed by atoms with Crippen LogP contribution in [-0.4, -0.2) is 0 Å². The van der Waals surface area contributed by atoms with Gasteiger partial charge in [0.1, 0.15) is 0 Å². The van der Waals surface area contributed by atoms with Crippen LogP contribution in [0.3, 0.4) is 0 Å². The Morgan fingerprint density at radius 1 is 0.579 bits per heavy atom. The number of benzene rings is 4. The summed E-state index contributed by atoms with van der Waals surface area (Å²) < 4.78 is 4.46. The topological polar surface area (TPSA) is 0 Å². The van der Waals surface area contributed by atoms with Crippen molar-refractivity contribution in [3.05, 3.63) is 106 Å². The van der Waals surface area contributed by atoms with E-state index in [4.69, 9.17) is 0 Å². The molecule has 38 heavy (non-hydrogen) atoms. The molecule has 0 N–H and O–H groups in total. The van der Waals surface area contributed by atoms with Crippen LogP contribution in [0, 0.1) is 11.8 Å². The van der Waals surface area contributed by atoms with Crippen LogP contribution in [-0.2, 0) is 20.3 Å². The molecule has 0 aromatic heterocycles. The minimum atomic E-state index is -2.77. The molecule has 1 fully saturated rings. The van der Waals surface area contributed by atoms with Gasteiger partial charge in [0.15, 0.2) is 0 Å². The van der Waals surface area contributed by atoms with Gasteiger partial charge in [-0.25, -0.2) is 0 Å². The first-order valence-electron chi connectivity index (χ1n) is 14.0. The molecule has 1 aliphatic heterocycles. The average Bonchev–Trinajstić information content (AvgIpc) is 3.45. The Kier molecular flexibility index (Phi) is 7.63. The Bertz CT molecular complexity index is 1470. The summed E-state index contributed by atoms with van der Waals surface area (Å²) in [5.41, 5.74) is 9.91. The third-order valence-corrected chi connectivity index (χ3v) is 24.8. The van der Waals surface area contributed by atoms with Crippen LogP contribution < -0.4 is 24.8 Å². The smallest absolute Gasteiger partial charge is 1.00 e. The van der Waals surface area contributed by atoms with E-state index in [0.29, 0.717) is 19.1 Å². The van der Waals surface area contributed by atoms with Crippen molar-refractivity contribution in [2.45, 2.75) is 49.6 Å². The molecule has 1 saturated heterocycles. The van der Waals surface area contributed by atoms with Gasteiger partial charge in [-0.1, -0.05) is 0 Å². The first-order chi connectivity index (χ1) is 17.5. The second-order valence-electron chi connectivity index (χ2n) is 12.1. The fourth-order valence-corrected chi connectivity index (χ4v) is 24.1. The largest absolute Gasteiger partial charge is 1.00 e. The Labute approximate surface area is 244 Å². The van der Waals surface area contributed by atoms with E-state index < -0.39 is 20.3 Å². The van der Waals surface area contributed by atoms with E-state index in [9.17, 15) is 0 Å². The number of fused-ring (bicyclic) bond motifs is 6. The SMILES string of the molecule is CC(C)C1=Cc2c(ccc3ccccc23)[CH]1[Zr+2]1([CH]2C(C(C)C)=Cc3c2ccc2ccccc32)[CH2]C[CH2]1.[Cl-].[Cl-]. The summed E-state index contributed by atoms with van der Waals surface area (Å²) in [5.74, 6) is 1.19. The van der Waals surface area contributed by atoms with Gasteiger partial charge in [0, 0.05) is 0 Å². The van der Waals surface area contributed by atoms with E-state index >= 15 is 0 Å². The van der Waals surface area contributed by atoms with Crippen molar-refractivity contribution in [3.63, 3.8) is 0 Å². The number of hydrogen-bond donors (Lipinski definition) is 0.